The largest absolute Gasteiger partial charge is 0.496 e. The van der Waals surface area contributed by atoms with E-state index in [9.17, 15) is 4.79 Å². The molecule has 1 aromatic rings. The van der Waals surface area contributed by atoms with Crippen molar-refractivity contribution >= 4 is 18.3 Å². The van der Waals surface area contributed by atoms with E-state index < -0.39 is 0 Å². The maximum Gasteiger partial charge on any atom is 0.223 e. The molecule has 0 aliphatic heterocycles. The minimum atomic E-state index is 0. The Morgan fingerprint density at radius 1 is 1.17 bits per heavy atom. The summed E-state index contributed by atoms with van der Waals surface area (Å²) in [6.45, 7) is 0.348. The Hall–Kier alpha value is -1.66. The summed E-state index contributed by atoms with van der Waals surface area (Å²) in [7, 11) is 4.74. The summed E-state index contributed by atoms with van der Waals surface area (Å²) < 4.78 is 16.0. The van der Waals surface area contributed by atoms with E-state index in [1.807, 2.05) is 0 Å². The average molecular weight is 345 g/mol. The molecule has 1 aliphatic rings. The molecule has 7 heteroatoms. The van der Waals surface area contributed by atoms with Crippen LogP contribution < -0.4 is 25.3 Å². The number of halogens is 1. The van der Waals surface area contributed by atoms with E-state index in [0.29, 0.717) is 23.8 Å². The van der Waals surface area contributed by atoms with E-state index in [1.54, 1.807) is 33.5 Å². The van der Waals surface area contributed by atoms with Gasteiger partial charge in [0.15, 0.2) is 0 Å². The topological polar surface area (TPSA) is 82.8 Å². The lowest BCUT2D eigenvalue weighted by atomic mass is 10.1. The highest BCUT2D eigenvalue weighted by molar-refractivity contribution is 5.85. The van der Waals surface area contributed by atoms with Gasteiger partial charge in [-0.3, -0.25) is 4.79 Å². The quantitative estimate of drug-likeness (QED) is 0.823. The molecule has 2 atom stereocenters. The van der Waals surface area contributed by atoms with Crippen molar-refractivity contribution in [3.8, 4) is 17.2 Å². The summed E-state index contributed by atoms with van der Waals surface area (Å²) in [5.41, 5.74) is 6.65. The van der Waals surface area contributed by atoms with Gasteiger partial charge in [-0.15, -0.1) is 12.4 Å². The van der Waals surface area contributed by atoms with Gasteiger partial charge in [0.25, 0.3) is 0 Å². The van der Waals surface area contributed by atoms with E-state index in [-0.39, 0.29) is 30.3 Å². The highest BCUT2D eigenvalue weighted by Crippen LogP contribution is 2.34. The van der Waals surface area contributed by atoms with Crippen LogP contribution in [0.1, 0.15) is 24.8 Å². The van der Waals surface area contributed by atoms with Gasteiger partial charge in [-0.2, -0.15) is 0 Å². The third-order valence-electron chi connectivity index (χ3n) is 4.10. The third-order valence-corrected chi connectivity index (χ3v) is 4.10. The first kappa shape index (κ1) is 19.4. The molecule has 6 nitrogen and oxygen atoms in total. The minimum Gasteiger partial charge on any atom is -0.496 e. The van der Waals surface area contributed by atoms with Crippen LogP contribution in [0.5, 0.6) is 17.2 Å². The molecule has 0 spiro atoms. The van der Waals surface area contributed by atoms with Gasteiger partial charge >= 0.3 is 0 Å². The van der Waals surface area contributed by atoms with E-state index in [1.165, 1.54) is 0 Å². The van der Waals surface area contributed by atoms with E-state index in [0.717, 1.165) is 24.8 Å². The highest BCUT2D eigenvalue weighted by atomic mass is 35.5. The smallest absolute Gasteiger partial charge is 0.223 e. The van der Waals surface area contributed by atoms with Crippen molar-refractivity contribution in [2.75, 3.05) is 21.3 Å². The van der Waals surface area contributed by atoms with Crippen LogP contribution in [0.25, 0.3) is 0 Å². The van der Waals surface area contributed by atoms with Gasteiger partial charge < -0.3 is 25.3 Å². The zero-order chi connectivity index (χ0) is 16.1. The molecule has 23 heavy (non-hydrogen) atoms. The lowest BCUT2D eigenvalue weighted by Gasteiger charge is -2.17. The monoisotopic (exact) mass is 344 g/mol. The summed E-state index contributed by atoms with van der Waals surface area (Å²) in [5, 5.41) is 2.95. The van der Waals surface area contributed by atoms with Crippen LogP contribution in [0, 0.1) is 5.92 Å². The number of hydrogen-bond donors (Lipinski definition) is 2. The summed E-state index contributed by atoms with van der Waals surface area (Å²) >= 11 is 0. The molecule has 3 N–H and O–H groups in total. The van der Waals surface area contributed by atoms with Crippen LogP contribution in [0.2, 0.25) is 0 Å². The maximum atomic E-state index is 12.2. The van der Waals surface area contributed by atoms with E-state index in [4.69, 9.17) is 19.9 Å². The number of benzene rings is 1. The zero-order valence-electron chi connectivity index (χ0n) is 13.8. The lowest BCUT2D eigenvalue weighted by Crippen LogP contribution is -2.30. The molecule has 0 radical (unpaired) electrons. The molecule has 1 saturated carbocycles. The van der Waals surface area contributed by atoms with Crippen molar-refractivity contribution in [3.05, 3.63) is 17.7 Å². The van der Waals surface area contributed by atoms with Crippen LogP contribution in [0.3, 0.4) is 0 Å². The van der Waals surface area contributed by atoms with Gasteiger partial charge in [-0.1, -0.05) is 0 Å². The molecule has 0 saturated heterocycles. The Kier molecular flexibility index (Phi) is 7.45. The van der Waals surface area contributed by atoms with Crippen molar-refractivity contribution in [2.24, 2.45) is 11.7 Å². The second-order valence-electron chi connectivity index (χ2n) is 5.50. The number of methoxy groups -OCH3 is 3. The number of carbonyl (C=O) groups is 1. The highest BCUT2D eigenvalue weighted by Gasteiger charge is 2.27. The molecule has 0 bridgehead atoms. The van der Waals surface area contributed by atoms with E-state index in [2.05, 4.69) is 5.32 Å². The Morgan fingerprint density at radius 2 is 1.78 bits per heavy atom. The normalized spacial score (nSPS) is 19.7. The fourth-order valence-corrected chi connectivity index (χ4v) is 2.83. The predicted molar refractivity (Wildman–Crippen MR) is 90.5 cm³/mol. The van der Waals surface area contributed by atoms with Crippen LogP contribution in [-0.2, 0) is 11.3 Å². The minimum absolute atomic E-state index is 0. The summed E-state index contributed by atoms with van der Waals surface area (Å²) in [4.78, 5) is 12.2. The maximum absolute atomic E-state index is 12.2. The Balaban J connectivity index is 0.00000264. The summed E-state index contributed by atoms with van der Waals surface area (Å²) in [5.74, 6) is 1.93. The Bertz CT molecular complexity index is 514. The number of amides is 1. The van der Waals surface area contributed by atoms with Crippen molar-refractivity contribution in [1.29, 1.82) is 0 Å². The van der Waals surface area contributed by atoms with Crippen molar-refractivity contribution in [3.63, 3.8) is 0 Å². The first-order valence-corrected chi connectivity index (χ1v) is 7.41. The van der Waals surface area contributed by atoms with Gasteiger partial charge in [0.05, 0.1) is 33.4 Å². The molecule has 1 aliphatic carbocycles. The number of hydrogen-bond acceptors (Lipinski definition) is 5. The number of nitrogens with one attached hydrogen (secondary N) is 1. The Labute approximate surface area is 143 Å². The fourth-order valence-electron chi connectivity index (χ4n) is 2.83. The SMILES string of the molecule is COc1cc(OC)c(CNC(=O)C2CCC(N)C2)c(OC)c1.Cl. The van der Waals surface area contributed by atoms with Crippen molar-refractivity contribution in [1.82, 2.24) is 5.32 Å². The molecule has 0 aromatic heterocycles. The molecular formula is C16H25ClN2O4. The molecule has 0 heterocycles. The molecule has 2 rings (SSSR count). The van der Waals surface area contributed by atoms with Gasteiger partial charge in [0.2, 0.25) is 5.91 Å². The molecule has 1 fully saturated rings. The van der Waals surface area contributed by atoms with Gasteiger partial charge in [0, 0.05) is 24.1 Å². The molecular weight excluding hydrogens is 320 g/mol. The number of rotatable bonds is 6. The Morgan fingerprint density at radius 3 is 2.22 bits per heavy atom. The first-order valence-electron chi connectivity index (χ1n) is 7.41. The zero-order valence-corrected chi connectivity index (χ0v) is 14.6. The first-order chi connectivity index (χ1) is 10.6. The summed E-state index contributed by atoms with van der Waals surface area (Å²) in [6.07, 6.45) is 2.51. The molecule has 1 amide bonds. The van der Waals surface area contributed by atoms with Crippen LogP contribution in [0.4, 0.5) is 0 Å². The molecule has 2 unspecified atom stereocenters. The average Bonchev–Trinajstić information content (AvgIpc) is 2.98. The third kappa shape index (κ3) is 4.65. The number of nitrogens with two attached hydrogens (primary N) is 1. The lowest BCUT2D eigenvalue weighted by molar-refractivity contribution is -0.125. The predicted octanol–water partition coefficient (Wildman–Crippen LogP) is 1.88. The second kappa shape index (κ2) is 8.84. The number of ether oxygens (including phenoxy) is 3. The van der Waals surface area contributed by atoms with Gasteiger partial charge in [0.1, 0.15) is 17.2 Å². The van der Waals surface area contributed by atoms with Gasteiger partial charge in [-0.25, -0.2) is 0 Å². The fraction of sp³-hybridized carbons (Fsp3) is 0.562. The van der Waals surface area contributed by atoms with Crippen LogP contribution >= 0.6 is 12.4 Å². The number of carbonyl (C=O) groups excluding carboxylic acids is 1. The van der Waals surface area contributed by atoms with Gasteiger partial charge in [-0.05, 0) is 19.3 Å². The second-order valence-corrected chi connectivity index (χ2v) is 5.50. The summed E-state index contributed by atoms with van der Waals surface area (Å²) in [6, 6.07) is 3.69. The molecule has 130 valence electrons. The standard InChI is InChI=1S/C16H24N2O4.ClH/c1-20-12-7-14(21-2)13(15(8-12)22-3)9-18-16(19)10-4-5-11(17)6-10;/h7-8,10-11H,4-6,9,17H2,1-3H3,(H,18,19);1H. The van der Waals surface area contributed by atoms with Crippen molar-refractivity contribution in [2.45, 2.75) is 31.8 Å². The van der Waals surface area contributed by atoms with E-state index >= 15 is 0 Å². The van der Waals surface area contributed by atoms with Crippen LogP contribution in [0.15, 0.2) is 12.1 Å². The van der Waals surface area contributed by atoms with Crippen LogP contribution in [-0.4, -0.2) is 33.3 Å². The van der Waals surface area contributed by atoms with Crippen molar-refractivity contribution < 1.29 is 19.0 Å². The molecule has 1 aromatic carbocycles.